The molecule has 1 heteroatoms. The Hall–Kier alpha value is -0.300. The Morgan fingerprint density at radius 2 is 1.08 bits per heavy atom. The van der Waals surface area contributed by atoms with E-state index in [4.69, 9.17) is 4.74 Å². The zero-order chi connectivity index (χ0) is 10.3. The van der Waals surface area contributed by atoms with Crippen LogP contribution in [0.5, 0.6) is 0 Å². The van der Waals surface area contributed by atoms with Gasteiger partial charge in [0.2, 0.25) is 0 Å². The van der Waals surface area contributed by atoms with Crippen LogP contribution >= 0.6 is 0 Å². The van der Waals surface area contributed by atoms with E-state index in [0.29, 0.717) is 0 Å². The number of hydrogen-bond donors (Lipinski definition) is 0. The van der Waals surface area contributed by atoms with Crippen LogP contribution in [0.1, 0.15) is 41.5 Å². The van der Waals surface area contributed by atoms with Crippen molar-refractivity contribution in [2.24, 2.45) is 10.8 Å². The first-order chi connectivity index (χ1) is 5.73. The van der Waals surface area contributed by atoms with Crippen molar-refractivity contribution < 1.29 is 4.74 Å². The predicted molar refractivity (Wildman–Crippen MR) is 56.8 cm³/mol. The molecule has 0 saturated heterocycles. The highest BCUT2D eigenvalue weighted by Gasteiger charge is 2.31. The maximum atomic E-state index is 5.55. The largest absolute Gasteiger partial charge is 0.373 e. The van der Waals surface area contributed by atoms with Gasteiger partial charge < -0.3 is 4.74 Å². The Morgan fingerprint density at radius 1 is 0.769 bits per heavy atom. The number of hydrogen-bond acceptors (Lipinski definition) is 1. The van der Waals surface area contributed by atoms with Gasteiger partial charge in [0, 0.05) is 0 Å². The smallest absolute Gasteiger partial charge is 0.0690 e. The van der Waals surface area contributed by atoms with Crippen LogP contribution in [0.15, 0.2) is 11.1 Å². The van der Waals surface area contributed by atoms with E-state index in [9.17, 15) is 0 Å². The zero-order valence-electron chi connectivity index (χ0n) is 9.82. The van der Waals surface area contributed by atoms with E-state index in [1.807, 2.05) is 0 Å². The van der Waals surface area contributed by atoms with Crippen LogP contribution in [-0.2, 0) is 4.74 Å². The molecule has 0 fully saturated rings. The highest BCUT2D eigenvalue weighted by molar-refractivity contribution is 5.28. The normalized spacial score (nSPS) is 19.8. The van der Waals surface area contributed by atoms with Crippen molar-refractivity contribution in [2.45, 2.75) is 41.5 Å². The van der Waals surface area contributed by atoms with E-state index < -0.39 is 0 Å². The third-order valence-corrected chi connectivity index (χ3v) is 2.67. The second-order valence-corrected chi connectivity index (χ2v) is 5.95. The fourth-order valence-corrected chi connectivity index (χ4v) is 1.77. The fourth-order valence-electron chi connectivity index (χ4n) is 1.77. The molecular weight excluding hydrogens is 160 g/mol. The van der Waals surface area contributed by atoms with Crippen LogP contribution in [-0.4, -0.2) is 13.2 Å². The Balaban J connectivity index is 3.04. The first-order valence-corrected chi connectivity index (χ1v) is 5.03. The van der Waals surface area contributed by atoms with Gasteiger partial charge in [-0.1, -0.05) is 41.5 Å². The van der Waals surface area contributed by atoms with Gasteiger partial charge in [0.1, 0.15) is 0 Å². The van der Waals surface area contributed by atoms with Crippen LogP contribution in [0.3, 0.4) is 0 Å². The molecule has 13 heavy (non-hydrogen) atoms. The van der Waals surface area contributed by atoms with E-state index in [1.54, 1.807) is 0 Å². The minimum Gasteiger partial charge on any atom is -0.373 e. The summed E-state index contributed by atoms with van der Waals surface area (Å²) in [7, 11) is 0. The summed E-state index contributed by atoms with van der Waals surface area (Å²) in [4.78, 5) is 0. The Bertz CT molecular complexity index is 198. The van der Waals surface area contributed by atoms with E-state index in [1.165, 1.54) is 11.1 Å². The number of ether oxygens (including phenoxy) is 1. The average Bonchev–Trinajstić information content (AvgIpc) is 2.27. The molecule has 1 heterocycles. The SMILES string of the molecule is CC(C)(C)C1=C(C(C)(C)C)COC1. The molecule has 1 rings (SSSR count). The van der Waals surface area contributed by atoms with Crippen molar-refractivity contribution in [3.63, 3.8) is 0 Å². The second-order valence-electron chi connectivity index (χ2n) is 5.95. The van der Waals surface area contributed by atoms with E-state index >= 15 is 0 Å². The monoisotopic (exact) mass is 182 g/mol. The highest BCUT2D eigenvalue weighted by Crippen LogP contribution is 2.39. The van der Waals surface area contributed by atoms with Crippen molar-refractivity contribution in [1.29, 1.82) is 0 Å². The molecule has 0 aromatic carbocycles. The molecular formula is C12H22O. The molecule has 0 amide bonds. The molecule has 0 aromatic heterocycles. The molecule has 0 radical (unpaired) electrons. The quantitative estimate of drug-likeness (QED) is 0.522. The van der Waals surface area contributed by atoms with Gasteiger partial charge in [-0.15, -0.1) is 0 Å². The second kappa shape index (κ2) is 3.13. The summed E-state index contributed by atoms with van der Waals surface area (Å²) in [5, 5.41) is 0. The Labute approximate surface area is 82.2 Å². The summed E-state index contributed by atoms with van der Waals surface area (Å²) in [6, 6.07) is 0. The zero-order valence-corrected chi connectivity index (χ0v) is 9.82. The van der Waals surface area contributed by atoms with Gasteiger partial charge in [-0.2, -0.15) is 0 Å². The summed E-state index contributed by atoms with van der Waals surface area (Å²) in [6.45, 7) is 15.3. The van der Waals surface area contributed by atoms with Crippen molar-refractivity contribution in [1.82, 2.24) is 0 Å². The van der Waals surface area contributed by atoms with Crippen LogP contribution < -0.4 is 0 Å². The molecule has 0 atom stereocenters. The lowest BCUT2D eigenvalue weighted by atomic mass is 9.76. The van der Waals surface area contributed by atoms with Crippen LogP contribution in [0, 0.1) is 10.8 Å². The minimum absolute atomic E-state index is 0.263. The first kappa shape index (κ1) is 10.8. The first-order valence-electron chi connectivity index (χ1n) is 5.03. The summed E-state index contributed by atoms with van der Waals surface area (Å²) in [5.41, 5.74) is 3.53. The standard InChI is InChI=1S/C12H22O/c1-11(2,3)9-7-13-8-10(9)12(4,5)6/h7-8H2,1-6H3. The maximum absolute atomic E-state index is 5.55. The minimum atomic E-state index is 0.263. The van der Waals surface area contributed by atoms with Crippen LogP contribution in [0.25, 0.3) is 0 Å². The van der Waals surface area contributed by atoms with Crippen molar-refractivity contribution in [3.05, 3.63) is 11.1 Å². The van der Waals surface area contributed by atoms with Crippen molar-refractivity contribution >= 4 is 0 Å². The topological polar surface area (TPSA) is 9.23 Å². The van der Waals surface area contributed by atoms with Gasteiger partial charge in [-0.05, 0) is 22.0 Å². The molecule has 0 aliphatic carbocycles. The van der Waals surface area contributed by atoms with Crippen LogP contribution in [0.2, 0.25) is 0 Å². The third-order valence-electron chi connectivity index (χ3n) is 2.67. The molecule has 0 aromatic rings. The van der Waals surface area contributed by atoms with Gasteiger partial charge >= 0.3 is 0 Å². The number of rotatable bonds is 0. The van der Waals surface area contributed by atoms with Gasteiger partial charge in [0.05, 0.1) is 13.2 Å². The Kier molecular flexibility index (Phi) is 2.59. The van der Waals surface area contributed by atoms with Crippen LogP contribution in [0.4, 0.5) is 0 Å². The molecule has 0 saturated carbocycles. The molecule has 1 nitrogen and oxygen atoms in total. The van der Waals surface area contributed by atoms with Gasteiger partial charge in [0.25, 0.3) is 0 Å². The average molecular weight is 182 g/mol. The molecule has 1 aliphatic rings. The third kappa shape index (κ3) is 2.34. The molecule has 0 unspecified atom stereocenters. The van der Waals surface area contributed by atoms with E-state index in [2.05, 4.69) is 41.5 Å². The molecule has 0 bridgehead atoms. The molecule has 0 spiro atoms. The predicted octanol–water partition coefficient (Wildman–Crippen LogP) is 3.41. The Morgan fingerprint density at radius 3 is 1.31 bits per heavy atom. The van der Waals surface area contributed by atoms with Gasteiger partial charge in [-0.3, -0.25) is 0 Å². The highest BCUT2D eigenvalue weighted by atomic mass is 16.5. The molecule has 0 N–H and O–H groups in total. The summed E-state index contributed by atoms with van der Waals surface area (Å²) < 4.78 is 5.55. The van der Waals surface area contributed by atoms with E-state index in [0.717, 1.165) is 13.2 Å². The van der Waals surface area contributed by atoms with Crippen molar-refractivity contribution in [2.75, 3.05) is 13.2 Å². The maximum Gasteiger partial charge on any atom is 0.0690 e. The lowest BCUT2D eigenvalue weighted by molar-refractivity contribution is 0.189. The fraction of sp³-hybridized carbons (Fsp3) is 0.833. The summed E-state index contributed by atoms with van der Waals surface area (Å²) in [6.07, 6.45) is 0. The summed E-state index contributed by atoms with van der Waals surface area (Å²) in [5.74, 6) is 0. The van der Waals surface area contributed by atoms with Gasteiger partial charge in [0.15, 0.2) is 0 Å². The van der Waals surface area contributed by atoms with E-state index in [-0.39, 0.29) is 10.8 Å². The molecule has 76 valence electrons. The van der Waals surface area contributed by atoms with Crippen molar-refractivity contribution in [3.8, 4) is 0 Å². The lowest BCUT2D eigenvalue weighted by Crippen LogP contribution is -2.18. The van der Waals surface area contributed by atoms with Gasteiger partial charge in [-0.25, -0.2) is 0 Å². The molecule has 1 aliphatic heterocycles. The lowest BCUT2D eigenvalue weighted by Gasteiger charge is -2.27. The summed E-state index contributed by atoms with van der Waals surface area (Å²) >= 11 is 0.